The molecule has 0 aliphatic rings. The molecule has 19 heavy (non-hydrogen) atoms. The van der Waals surface area contributed by atoms with Crippen LogP contribution in [-0.4, -0.2) is 36.2 Å². The molecule has 1 aromatic carbocycles. The van der Waals surface area contributed by atoms with Gasteiger partial charge in [0.25, 0.3) is 11.8 Å². The van der Waals surface area contributed by atoms with Crippen LogP contribution in [-0.2, 0) is 4.79 Å². The van der Waals surface area contributed by atoms with Crippen LogP contribution in [0, 0.1) is 0 Å². The van der Waals surface area contributed by atoms with Gasteiger partial charge in [0.15, 0.2) is 0 Å². The molecule has 0 aliphatic carbocycles. The maximum absolute atomic E-state index is 11.8. The molecule has 0 bridgehead atoms. The number of carbonyl (C=O) groups is 2. The van der Waals surface area contributed by atoms with Crippen molar-refractivity contribution in [3.05, 3.63) is 29.8 Å². The number of nitrogens with two attached hydrogens (primary N) is 1. The summed E-state index contributed by atoms with van der Waals surface area (Å²) in [6, 6.07) is 5.48. The minimum Gasteiger partial charge on any atom is -0.494 e. The minimum atomic E-state index is -0.982. The highest BCUT2D eigenvalue weighted by molar-refractivity contribution is 5.97. The summed E-state index contributed by atoms with van der Waals surface area (Å²) in [4.78, 5) is 23.0. The van der Waals surface area contributed by atoms with Gasteiger partial charge in [-0.1, -0.05) is 0 Å². The molecule has 0 unspecified atom stereocenters. The van der Waals surface area contributed by atoms with Crippen LogP contribution in [0.4, 0.5) is 0 Å². The highest BCUT2D eigenvalue weighted by Crippen LogP contribution is 2.12. The first kappa shape index (κ1) is 14.9. The van der Waals surface area contributed by atoms with Gasteiger partial charge in [0, 0.05) is 12.1 Å². The molecule has 2 amide bonds. The van der Waals surface area contributed by atoms with Gasteiger partial charge in [-0.05, 0) is 31.2 Å². The van der Waals surface area contributed by atoms with E-state index in [1.165, 1.54) is 5.48 Å². The quantitative estimate of drug-likeness (QED) is 0.415. The zero-order valence-electron chi connectivity index (χ0n) is 10.6. The summed E-state index contributed by atoms with van der Waals surface area (Å²) in [5.74, 6) is -0.564. The van der Waals surface area contributed by atoms with Gasteiger partial charge >= 0.3 is 0 Å². The third kappa shape index (κ3) is 4.23. The number of hydrogen-bond donors (Lipinski definition) is 4. The molecule has 104 valence electrons. The van der Waals surface area contributed by atoms with E-state index in [1.807, 2.05) is 6.92 Å². The summed E-state index contributed by atoms with van der Waals surface area (Å²) in [7, 11) is 0. The molecule has 1 rings (SSSR count). The SMILES string of the molecule is CCOc1ccc(C(=O)N[C@@H](CN)C(=O)NO)cc1. The summed E-state index contributed by atoms with van der Waals surface area (Å²) in [6.45, 7) is 2.28. The Balaban J connectivity index is 2.69. The highest BCUT2D eigenvalue weighted by Gasteiger charge is 2.19. The van der Waals surface area contributed by atoms with Crippen molar-refractivity contribution in [2.75, 3.05) is 13.2 Å². The largest absolute Gasteiger partial charge is 0.494 e. The highest BCUT2D eigenvalue weighted by atomic mass is 16.5. The molecular weight excluding hydrogens is 250 g/mol. The summed E-state index contributed by atoms with van der Waals surface area (Å²) in [5.41, 5.74) is 7.15. The Bertz CT molecular complexity index is 433. The van der Waals surface area contributed by atoms with E-state index in [-0.39, 0.29) is 6.54 Å². The summed E-state index contributed by atoms with van der Waals surface area (Å²) >= 11 is 0. The van der Waals surface area contributed by atoms with Gasteiger partial charge in [-0.2, -0.15) is 0 Å². The zero-order valence-corrected chi connectivity index (χ0v) is 10.6. The van der Waals surface area contributed by atoms with Crippen molar-refractivity contribution in [1.82, 2.24) is 10.8 Å². The molecule has 0 heterocycles. The summed E-state index contributed by atoms with van der Waals surface area (Å²) in [5, 5.41) is 10.9. The molecule has 0 aromatic heterocycles. The lowest BCUT2D eigenvalue weighted by Gasteiger charge is -2.14. The van der Waals surface area contributed by atoms with E-state index >= 15 is 0 Å². The standard InChI is InChI=1S/C12H17N3O4/c1-2-19-9-5-3-8(4-6-9)11(16)14-10(7-13)12(17)15-18/h3-6,10,18H,2,7,13H2,1H3,(H,14,16)(H,15,17)/t10-/m0/s1. The Morgan fingerprint density at radius 2 is 2.00 bits per heavy atom. The fraction of sp³-hybridized carbons (Fsp3) is 0.333. The van der Waals surface area contributed by atoms with Crippen molar-refractivity contribution in [3.63, 3.8) is 0 Å². The molecule has 7 heteroatoms. The average Bonchev–Trinajstić information content (AvgIpc) is 2.44. The van der Waals surface area contributed by atoms with E-state index in [0.29, 0.717) is 17.9 Å². The van der Waals surface area contributed by atoms with E-state index in [9.17, 15) is 9.59 Å². The molecule has 0 fully saturated rings. The molecule has 0 aliphatic heterocycles. The fourth-order valence-electron chi connectivity index (χ4n) is 1.42. The van der Waals surface area contributed by atoms with Crippen LogP contribution in [0.25, 0.3) is 0 Å². The number of rotatable bonds is 6. The Kier molecular flexibility index (Phi) is 5.77. The van der Waals surface area contributed by atoms with Crippen LogP contribution < -0.4 is 21.3 Å². The number of hydroxylamine groups is 1. The third-order valence-electron chi connectivity index (χ3n) is 2.40. The van der Waals surface area contributed by atoms with Gasteiger partial charge in [0.2, 0.25) is 0 Å². The van der Waals surface area contributed by atoms with Gasteiger partial charge in [-0.15, -0.1) is 0 Å². The van der Waals surface area contributed by atoms with Gasteiger partial charge in [-0.3, -0.25) is 14.8 Å². The predicted molar refractivity (Wildman–Crippen MR) is 67.8 cm³/mol. The van der Waals surface area contributed by atoms with E-state index in [0.717, 1.165) is 0 Å². The molecule has 0 spiro atoms. The smallest absolute Gasteiger partial charge is 0.267 e. The number of hydrogen-bond acceptors (Lipinski definition) is 5. The molecule has 1 aromatic rings. The first-order valence-electron chi connectivity index (χ1n) is 5.80. The van der Waals surface area contributed by atoms with Crippen molar-refractivity contribution in [1.29, 1.82) is 0 Å². The molecule has 5 N–H and O–H groups in total. The van der Waals surface area contributed by atoms with Crippen molar-refractivity contribution >= 4 is 11.8 Å². The molecule has 0 saturated heterocycles. The molecular formula is C12H17N3O4. The molecule has 0 radical (unpaired) electrons. The van der Waals surface area contributed by atoms with Crippen LogP contribution in [0.2, 0.25) is 0 Å². The average molecular weight is 267 g/mol. The number of ether oxygens (including phenoxy) is 1. The van der Waals surface area contributed by atoms with Gasteiger partial charge in [0.1, 0.15) is 11.8 Å². The van der Waals surface area contributed by atoms with Crippen LogP contribution in [0.15, 0.2) is 24.3 Å². The Morgan fingerprint density at radius 3 is 2.47 bits per heavy atom. The Hall–Kier alpha value is -2.12. The predicted octanol–water partition coefficient (Wildman–Crippen LogP) is -0.352. The second kappa shape index (κ2) is 7.34. The Morgan fingerprint density at radius 1 is 1.37 bits per heavy atom. The topological polar surface area (TPSA) is 114 Å². The second-order valence-corrected chi connectivity index (χ2v) is 3.70. The zero-order chi connectivity index (χ0) is 14.3. The number of benzene rings is 1. The van der Waals surface area contributed by atoms with E-state index in [2.05, 4.69) is 5.32 Å². The maximum atomic E-state index is 11.8. The lowest BCUT2D eigenvalue weighted by Crippen LogP contribution is -2.50. The van der Waals surface area contributed by atoms with Crippen LogP contribution in [0.1, 0.15) is 17.3 Å². The molecule has 0 saturated carbocycles. The van der Waals surface area contributed by atoms with E-state index in [1.54, 1.807) is 24.3 Å². The van der Waals surface area contributed by atoms with Crippen LogP contribution >= 0.6 is 0 Å². The van der Waals surface area contributed by atoms with Crippen molar-refractivity contribution in [3.8, 4) is 5.75 Å². The molecule has 7 nitrogen and oxygen atoms in total. The van der Waals surface area contributed by atoms with E-state index < -0.39 is 17.9 Å². The lowest BCUT2D eigenvalue weighted by atomic mass is 10.2. The normalized spacial score (nSPS) is 11.5. The van der Waals surface area contributed by atoms with Crippen LogP contribution in [0.5, 0.6) is 5.75 Å². The van der Waals surface area contributed by atoms with Gasteiger partial charge < -0.3 is 15.8 Å². The first-order chi connectivity index (χ1) is 9.12. The first-order valence-corrected chi connectivity index (χ1v) is 5.80. The van der Waals surface area contributed by atoms with Crippen LogP contribution in [0.3, 0.4) is 0 Å². The van der Waals surface area contributed by atoms with Crippen molar-refractivity contribution in [2.24, 2.45) is 5.73 Å². The summed E-state index contributed by atoms with van der Waals surface area (Å²) in [6.07, 6.45) is 0. The number of nitrogens with one attached hydrogen (secondary N) is 2. The number of carbonyl (C=O) groups excluding carboxylic acids is 2. The lowest BCUT2D eigenvalue weighted by molar-refractivity contribution is -0.130. The fourth-order valence-corrected chi connectivity index (χ4v) is 1.42. The van der Waals surface area contributed by atoms with Gasteiger partial charge in [0.05, 0.1) is 6.61 Å². The van der Waals surface area contributed by atoms with Crippen molar-refractivity contribution in [2.45, 2.75) is 13.0 Å². The Labute approximate surface area is 110 Å². The monoisotopic (exact) mass is 267 g/mol. The minimum absolute atomic E-state index is 0.116. The second-order valence-electron chi connectivity index (χ2n) is 3.70. The third-order valence-corrected chi connectivity index (χ3v) is 2.40. The number of amides is 2. The van der Waals surface area contributed by atoms with E-state index in [4.69, 9.17) is 15.7 Å². The maximum Gasteiger partial charge on any atom is 0.267 e. The summed E-state index contributed by atoms with van der Waals surface area (Å²) < 4.78 is 5.25. The van der Waals surface area contributed by atoms with Crippen molar-refractivity contribution < 1.29 is 19.5 Å². The van der Waals surface area contributed by atoms with Gasteiger partial charge in [-0.25, -0.2) is 5.48 Å². The molecule has 1 atom stereocenters.